The normalized spacial score (nSPS) is 11.8. The van der Waals surface area contributed by atoms with Crippen molar-refractivity contribution in [1.82, 2.24) is 0 Å². The van der Waals surface area contributed by atoms with Crippen LogP contribution in [0.15, 0.2) is 71.8 Å². The van der Waals surface area contributed by atoms with Crippen LogP contribution in [0.3, 0.4) is 0 Å². The van der Waals surface area contributed by atoms with E-state index >= 15 is 0 Å². The average molecular weight is 553 g/mol. The summed E-state index contributed by atoms with van der Waals surface area (Å²) in [6, 6.07) is 18.3. The third kappa shape index (κ3) is 13.1. The van der Waals surface area contributed by atoms with Gasteiger partial charge in [-0.25, -0.2) is 0 Å². The molecular formula is C39H56N2. The van der Waals surface area contributed by atoms with Crippen LogP contribution in [0.5, 0.6) is 0 Å². The minimum atomic E-state index is 0.899. The van der Waals surface area contributed by atoms with Crippen molar-refractivity contribution in [3.8, 4) is 0 Å². The second kappa shape index (κ2) is 21.8. The van der Waals surface area contributed by atoms with Gasteiger partial charge in [-0.1, -0.05) is 147 Å². The number of aryl methyl sites for hydroxylation is 2. The molecule has 0 saturated carbocycles. The van der Waals surface area contributed by atoms with Crippen LogP contribution in [-0.2, 0) is 12.8 Å². The zero-order valence-electron chi connectivity index (χ0n) is 26.7. The van der Waals surface area contributed by atoms with E-state index in [-0.39, 0.29) is 0 Å². The highest BCUT2D eigenvalue weighted by atomic mass is 14.8. The van der Waals surface area contributed by atoms with Gasteiger partial charge in [0, 0.05) is 0 Å². The molecule has 0 saturated heterocycles. The van der Waals surface area contributed by atoms with Crippen molar-refractivity contribution < 1.29 is 4.79 Å². The number of unbranched alkanes of at least 4 members (excludes halogenated alkanes) is 11. The first-order valence-corrected chi connectivity index (χ1v) is 16.7. The van der Waals surface area contributed by atoms with Gasteiger partial charge in [0.1, 0.15) is 5.57 Å². The van der Waals surface area contributed by atoms with Gasteiger partial charge in [0.2, 0.25) is 0 Å². The van der Waals surface area contributed by atoms with Crippen LogP contribution >= 0.6 is 0 Å². The van der Waals surface area contributed by atoms with Gasteiger partial charge in [0.05, 0.1) is 0 Å². The van der Waals surface area contributed by atoms with E-state index in [0.29, 0.717) is 0 Å². The number of hydrogen-bond acceptors (Lipinski definition) is 0. The molecule has 0 fully saturated rings. The molecule has 0 unspecified atom stereocenters. The zero-order valence-corrected chi connectivity index (χ0v) is 26.7. The molecule has 2 aromatic rings. The first-order chi connectivity index (χ1) is 20.2. The molecule has 2 heteroatoms. The molecule has 0 aliphatic heterocycles. The summed E-state index contributed by atoms with van der Waals surface area (Å²) in [5.41, 5.74) is 18.2. The number of rotatable bonds is 21. The molecule has 222 valence electrons. The lowest BCUT2D eigenvalue weighted by Gasteiger charge is -2.17. The van der Waals surface area contributed by atoms with Crippen molar-refractivity contribution in [2.45, 2.75) is 137 Å². The van der Waals surface area contributed by atoms with Crippen molar-refractivity contribution in [2.75, 3.05) is 0 Å². The Balaban J connectivity index is 2.54. The molecule has 0 aliphatic rings. The molecule has 0 spiro atoms. The van der Waals surface area contributed by atoms with E-state index in [9.17, 15) is 5.53 Å². The molecule has 2 nitrogen and oxygen atoms in total. The SMILES string of the molecule is CCCCCCCC=CC(=C=[N+]=[N-])C(CCCCCC)=C(c1ccc(CC)cc1)c1ccc(CCCCCC)cc1. The summed E-state index contributed by atoms with van der Waals surface area (Å²) in [5, 5.41) is 0. The molecule has 0 bridgehead atoms. The summed E-state index contributed by atoms with van der Waals surface area (Å²) in [6.07, 6.45) is 24.8. The van der Waals surface area contributed by atoms with Gasteiger partial charge in [-0.15, -0.1) is 4.79 Å². The lowest BCUT2D eigenvalue weighted by Crippen LogP contribution is -2.00. The lowest BCUT2D eigenvalue weighted by molar-refractivity contribution is 0.00766. The van der Waals surface area contributed by atoms with Crippen LogP contribution in [0, 0.1) is 0 Å². The molecule has 0 aliphatic carbocycles. The van der Waals surface area contributed by atoms with Crippen molar-refractivity contribution in [2.24, 2.45) is 0 Å². The maximum absolute atomic E-state index is 9.68. The van der Waals surface area contributed by atoms with Crippen molar-refractivity contribution in [3.63, 3.8) is 0 Å². The highest BCUT2D eigenvalue weighted by Gasteiger charge is 2.17. The fourth-order valence-corrected chi connectivity index (χ4v) is 5.47. The van der Waals surface area contributed by atoms with E-state index in [1.165, 1.54) is 110 Å². The van der Waals surface area contributed by atoms with E-state index in [0.717, 1.165) is 37.7 Å². The Bertz CT molecular complexity index is 1120. The van der Waals surface area contributed by atoms with Gasteiger partial charge >= 0.3 is 5.87 Å². The van der Waals surface area contributed by atoms with Crippen LogP contribution < -0.4 is 0 Å². The van der Waals surface area contributed by atoms with Gasteiger partial charge in [-0.05, 0) is 84.4 Å². The van der Waals surface area contributed by atoms with Crippen molar-refractivity contribution >= 4 is 11.4 Å². The molecular weight excluding hydrogens is 496 g/mol. The number of benzene rings is 2. The summed E-state index contributed by atoms with van der Waals surface area (Å²) >= 11 is 0. The van der Waals surface area contributed by atoms with E-state index in [2.05, 4.69) is 99.0 Å². The highest BCUT2D eigenvalue weighted by Crippen LogP contribution is 2.34. The molecule has 0 heterocycles. The summed E-state index contributed by atoms with van der Waals surface area (Å²) in [5.74, 6) is 2.98. The first-order valence-electron chi connectivity index (χ1n) is 16.7. The molecule has 0 aromatic heterocycles. The van der Waals surface area contributed by atoms with Gasteiger partial charge < -0.3 is 5.53 Å². The van der Waals surface area contributed by atoms with Crippen LogP contribution in [0.4, 0.5) is 0 Å². The summed E-state index contributed by atoms with van der Waals surface area (Å²) < 4.78 is 0. The quantitative estimate of drug-likeness (QED) is 0.0485. The molecule has 0 radical (unpaired) electrons. The predicted octanol–water partition coefficient (Wildman–Crippen LogP) is 11.9. The molecule has 41 heavy (non-hydrogen) atoms. The fraction of sp³-hybridized carbons (Fsp3) is 0.538. The Morgan fingerprint density at radius 1 is 0.659 bits per heavy atom. The number of hydrogen-bond donors (Lipinski definition) is 0. The van der Waals surface area contributed by atoms with E-state index < -0.39 is 0 Å². The Labute approximate surface area is 252 Å². The largest absolute Gasteiger partial charge is 0.348 e. The maximum atomic E-state index is 9.68. The van der Waals surface area contributed by atoms with Crippen LogP contribution in [-0.4, -0.2) is 10.7 Å². The first kappa shape index (κ1) is 34.3. The number of allylic oxidation sites excluding steroid dienone is 4. The fourth-order valence-electron chi connectivity index (χ4n) is 5.47. The summed E-state index contributed by atoms with van der Waals surface area (Å²) in [4.78, 5) is 3.43. The molecule has 0 amide bonds. The smallest absolute Gasteiger partial charge is 0.307 e. The van der Waals surface area contributed by atoms with Crippen LogP contribution in [0.25, 0.3) is 11.1 Å². The monoisotopic (exact) mass is 552 g/mol. The van der Waals surface area contributed by atoms with Gasteiger partial charge in [0.15, 0.2) is 0 Å². The predicted molar refractivity (Wildman–Crippen MR) is 180 cm³/mol. The minimum absolute atomic E-state index is 0.899. The second-order valence-electron chi connectivity index (χ2n) is 11.5. The Hall–Kier alpha value is -2.92. The molecule has 2 aromatic carbocycles. The topological polar surface area (TPSA) is 36.4 Å². The third-order valence-electron chi connectivity index (χ3n) is 8.05. The average Bonchev–Trinajstić information content (AvgIpc) is 3.00. The van der Waals surface area contributed by atoms with Crippen molar-refractivity contribution in [1.29, 1.82) is 0 Å². The summed E-state index contributed by atoms with van der Waals surface area (Å²) in [7, 11) is 0. The third-order valence-corrected chi connectivity index (χ3v) is 8.05. The second-order valence-corrected chi connectivity index (χ2v) is 11.5. The standard InChI is InChI=1S/C39H56N2/c1-5-9-12-15-16-17-19-22-37(32-41-40)38(23-20-14-11-7-3)39(35-28-24-33(8-4)25-29-35)36-30-26-34(27-31-36)21-18-13-10-6-2/h19,22,24-31H,5-18,20-21,23H2,1-4H3. The summed E-state index contributed by atoms with van der Waals surface area (Å²) in [6.45, 7) is 8.99. The minimum Gasteiger partial charge on any atom is -0.348 e. The van der Waals surface area contributed by atoms with E-state index in [1.54, 1.807) is 0 Å². The van der Waals surface area contributed by atoms with Gasteiger partial charge in [-0.3, -0.25) is 0 Å². The Kier molecular flexibility index (Phi) is 18.2. The van der Waals surface area contributed by atoms with E-state index in [4.69, 9.17) is 0 Å². The van der Waals surface area contributed by atoms with Crippen molar-refractivity contribution in [3.05, 3.63) is 99.6 Å². The van der Waals surface area contributed by atoms with Gasteiger partial charge in [-0.2, -0.15) is 0 Å². The Morgan fingerprint density at radius 2 is 1.20 bits per heavy atom. The Morgan fingerprint density at radius 3 is 1.76 bits per heavy atom. The van der Waals surface area contributed by atoms with Crippen LogP contribution in [0.1, 0.15) is 146 Å². The lowest BCUT2D eigenvalue weighted by atomic mass is 9.86. The molecule has 0 atom stereocenters. The van der Waals surface area contributed by atoms with E-state index in [1.807, 2.05) is 0 Å². The molecule has 0 N–H and O–H groups in total. The van der Waals surface area contributed by atoms with Gasteiger partial charge in [0.25, 0.3) is 0 Å². The van der Waals surface area contributed by atoms with Crippen LogP contribution in [0.2, 0.25) is 0 Å². The highest BCUT2D eigenvalue weighted by molar-refractivity contribution is 5.88. The zero-order chi connectivity index (χ0) is 29.5. The molecule has 2 rings (SSSR count). The maximum Gasteiger partial charge on any atom is 0.307 e. The number of nitrogens with zero attached hydrogens (tertiary/aromatic N) is 2.